The molecule has 0 amide bonds. The minimum Gasteiger partial charge on any atom is -0.475 e. The molecule has 1 aromatic carbocycles. The predicted octanol–water partition coefficient (Wildman–Crippen LogP) is 3.34. The summed E-state index contributed by atoms with van der Waals surface area (Å²) >= 11 is 3.48. The van der Waals surface area contributed by atoms with E-state index in [4.69, 9.17) is 9.52 Å². The average Bonchev–Trinajstić information content (AvgIpc) is 2.73. The third-order valence-electron chi connectivity index (χ3n) is 2.74. The summed E-state index contributed by atoms with van der Waals surface area (Å²) in [7, 11) is 0. The number of nitrogens with one attached hydrogen (secondary N) is 1. The zero-order valence-corrected chi connectivity index (χ0v) is 12.0. The summed E-state index contributed by atoms with van der Waals surface area (Å²) in [6.45, 7) is 2.91. The summed E-state index contributed by atoms with van der Waals surface area (Å²) in [6.07, 6.45) is 0. The average molecular weight is 324 g/mol. The molecule has 0 aliphatic rings. The van der Waals surface area contributed by atoms with Gasteiger partial charge in [-0.15, -0.1) is 0 Å². The molecule has 0 aliphatic heterocycles. The first kappa shape index (κ1) is 13.8. The Morgan fingerprint density at radius 2 is 2.11 bits per heavy atom. The van der Waals surface area contributed by atoms with Gasteiger partial charge in [0.2, 0.25) is 5.76 Å². The number of hydrogen-bond donors (Lipinski definition) is 2. The standard InChI is InChI=1S/C14H14BrNO3/c1-9-6-11(19-13(9)14(17)18)8-16-7-10-4-2-3-5-12(10)15/h2-6,16H,7-8H2,1H3,(H,17,18). The van der Waals surface area contributed by atoms with Gasteiger partial charge in [0.1, 0.15) is 5.76 Å². The molecule has 0 saturated heterocycles. The maximum absolute atomic E-state index is 10.9. The largest absolute Gasteiger partial charge is 0.475 e. The van der Waals surface area contributed by atoms with Crippen molar-refractivity contribution in [2.75, 3.05) is 0 Å². The number of furan rings is 1. The summed E-state index contributed by atoms with van der Waals surface area (Å²) < 4.78 is 6.32. The highest BCUT2D eigenvalue weighted by Gasteiger charge is 2.13. The molecule has 0 fully saturated rings. The van der Waals surface area contributed by atoms with Crippen molar-refractivity contribution < 1.29 is 14.3 Å². The molecule has 1 aromatic heterocycles. The van der Waals surface area contributed by atoms with Crippen LogP contribution in [-0.4, -0.2) is 11.1 Å². The van der Waals surface area contributed by atoms with Crippen LogP contribution in [0.3, 0.4) is 0 Å². The fraction of sp³-hybridized carbons (Fsp3) is 0.214. The highest BCUT2D eigenvalue weighted by atomic mass is 79.9. The third-order valence-corrected chi connectivity index (χ3v) is 3.51. The minimum absolute atomic E-state index is 0.0118. The SMILES string of the molecule is Cc1cc(CNCc2ccccc2Br)oc1C(=O)O. The summed E-state index contributed by atoms with van der Waals surface area (Å²) in [6, 6.07) is 9.68. The van der Waals surface area contributed by atoms with E-state index >= 15 is 0 Å². The van der Waals surface area contributed by atoms with E-state index in [1.807, 2.05) is 24.3 Å². The fourth-order valence-electron chi connectivity index (χ4n) is 1.81. The number of rotatable bonds is 5. The van der Waals surface area contributed by atoms with Crippen molar-refractivity contribution in [1.29, 1.82) is 0 Å². The Hall–Kier alpha value is -1.59. The van der Waals surface area contributed by atoms with Crippen LogP contribution in [0.5, 0.6) is 0 Å². The van der Waals surface area contributed by atoms with E-state index in [9.17, 15) is 4.79 Å². The Balaban J connectivity index is 1.95. The molecule has 0 spiro atoms. The maximum Gasteiger partial charge on any atom is 0.372 e. The topological polar surface area (TPSA) is 62.5 Å². The van der Waals surface area contributed by atoms with Gasteiger partial charge < -0.3 is 14.8 Å². The number of carboxylic acid groups (broad SMARTS) is 1. The Bertz CT molecular complexity index is 592. The number of benzene rings is 1. The monoisotopic (exact) mass is 323 g/mol. The molecule has 5 heteroatoms. The Morgan fingerprint density at radius 3 is 2.74 bits per heavy atom. The first-order valence-electron chi connectivity index (χ1n) is 5.84. The molecule has 0 saturated carbocycles. The van der Waals surface area contributed by atoms with Gasteiger partial charge in [-0.1, -0.05) is 34.1 Å². The molecular weight excluding hydrogens is 310 g/mol. The number of aromatic carboxylic acids is 1. The zero-order chi connectivity index (χ0) is 13.8. The highest BCUT2D eigenvalue weighted by Crippen LogP contribution is 2.17. The summed E-state index contributed by atoms with van der Waals surface area (Å²) in [5.74, 6) is -0.394. The molecule has 2 aromatic rings. The number of halogens is 1. The lowest BCUT2D eigenvalue weighted by Crippen LogP contribution is -2.12. The van der Waals surface area contributed by atoms with Crippen molar-refractivity contribution in [3.8, 4) is 0 Å². The van der Waals surface area contributed by atoms with Gasteiger partial charge in [-0.3, -0.25) is 0 Å². The second kappa shape index (κ2) is 6.04. The van der Waals surface area contributed by atoms with Gasteiger partial charge in [0, 0.05) is 16.6 Å². The van der Waals surface area contributed by atoms with E-state index in [2.05, 4.69) is 21.2 Å². The van der Waals surface area contributed by atoms with Crippen LogP contribution in [0.1, 0.15) is 27.4 Å². The highest BCUT2D eigenvalue weighted by molar-refractivity contribution is 9.10. The van der Waals surface area contributed by atoms with Crippen molar-refractivity contribution in [2.45, 2.75) is 20.0 Å². The fourth-order valence-corrected chi connectivity index (χ4v) is 2.23. The van der Waals surface area contributed by atoms with Crippen LogP contribution in [0, 0.1) is 6.92 Å². The van der Waals surface area contributed by atoms with Crippen LogP contribution < -0.4 is 5.32 Å². The first-order valence-corrected chi connectivity index (χ1v) is 6.64. The van der Waals surface area contributed by atoms with Crippen LogP contribution in [0.4, 0.5) is 0 Å². The lowest BCUT2D eigenvalue weighted by atomic mass is 10.2. The zero-order valence-electron chi connectivity index (χ0n) is 10.4. The summed E-state index contributed by atoms with van der Waals surface area (Å²) in [4.78, 5) is 10.9. The van der Waals surface area contributed by atoms with Crippen LogP contribution in [0.2, 0.25) is 0 Å². The molecule has 0 bridgehead atoms. The molecule has 19 heavy (non-hydrogen) atoms. The Kier molecular flexibility index (Phi) is 4.39. The second-order valence-corrected chi connectivity index (χ2v) is 5.08. The van der Waals surface area contributed by atoms with Crippen molar-refractivity contribution in [1.82, 2.24) is 5.32 Å². The summed E-state index contributed by atoms with van der Waals surface area (Å²) in [5, 5.41) is 12.1. The van der Waals surface area contributed by atoms with Gasteiger partial charge in [-0.25, -0.2) is 4.79 Å². The van der Waals surface area contributed by atoms with Gasteiger partial charge >= 0.3 is 5.97 Å². The van der Waals surface area contributed by atoms with Gasteiger partial charge in [0.15, 0.2) is 0 Å². The van der Waals surface area contributed by atoms with Gasteiger partial charge in [0.25, 0.3) is 0 Å². The van der Waals surface area contributed by atoms with Crippen molar-refractivity contribution in [3.63, 3.8) is 0 Å². The van der Waals surface area contributed by atoms with E-state index in [-0.39, 0.29) is 5.76 Å². The molecule has 2 N–H and O–H groups in total. The molecule has 100 valence electrons. The van der Waals surface area contributed by atoms with Gasteiger partial charge in [-0.2, -0.15) is 0 Å². The van der Waals surface area contributed by atoms with Crippen LogP contribution in [-0.2, 0) is 13.1 Å². The Labute approximate surface area is 119 Å². The minimum atomic E-state index is -1.03. The lowest BCUT2D eigenvalue weighted by molar-refractivity contribution is 0.0659. The molecule has 0 atom stereocenters. The van der Waals surface area contributed by atoms with E-state index in [0.717, 1.165) is 10.0 Å². The number of carboxylic acids is 1. The molecule has 0 aliphatic carbocycles. The maximum atomic E-state index is 10.9. The smallest absolute Gasteiger partial charge is 0.372 e. The van der Waals surface area contributed by atoms with E-state index in [0.29, 0.717) is 24.4 Å². The van der Waals surface area contributed by atoms with Crippen LogP contribution in [0.25, 0.3) is 0 Å². The molecule has 2 rings (SSSR count). The van der Waals surface area contributed by atoms with E-state index in [1.54, 1.807) is 13.0 Å². The Morgan fingerprint density at radius 1 is 1.37 bits per heavy atom. The van der Waals surface area contributed by atoms with Gasteiger partial charge in [-0.05, 0) is 24.6 Å². The van der Waals surface area contributed by atoms with Gasteiger partial charge in [0.05, 0.1) is 6.54 Å². The molecule has 0 radical (unpaired) electrons. The predicted molar refractivity (Wildman–Crippen MR) is 75.1 cm³/mol. The lowest BCUT2D eigenvalue weighted by Gasteiger charge is -2.05. The van der Waals surface area contributed by atoms with Crippen LogP contribution in [0.15, 0.2) is 39.2 Å². The number of aryl methyl sites for hydroxylation is 1. The quantitative estimate of drug-likeness (QED) is 0.885. The molecule has 4 nitrogen and oxygen atoms in total. The molecular formula is C14H14BrNO3. The third kappa shape index (κ3) is 3.45. The van der Waals surface area contributed by atoms with Crippen molar-refractivity contribution >= 4 is 21.9 Å². The van der Waals surface area contributed by atoms with Crippen molar-refractivity contribution in [3.05, 3.63) is 57.5 Å². The number of hydrogen-bond acceptors (Lipinski definition) is 3. The number of carbonyl (C=O) groups is 1. The molecule has 1 heterocycles. The first-order chi connectivity index (χ1) is 9.08. The van der Waals surface area contributed by atoms with Crippen molar-refractivity contribution in [2.24, 2.45) is 0 Å². The van der Waals surface area contributed by atoms with E-state index in [1.165, 1.54) is 0 Å². The van der Waals surface area contributed by atoms with E-state index < -0.39 is 5.97 Å². The molecule has 0 unspecified atom stereocenters. The van der Waals surface area contributed by atoms with Crippen LogP contribution >= 0.6 is 15.9 Å². The summed E-state index contributed by atoms with van der Waals surface area (Å²) in [5.41, 5.74) is 1.79. The normalized spacial score (nSPS) is 10.6. The second-order valence-electron chi connectivity index (χ2n) is 4.22.